The van der Waals surface area contributed by atoms with Gasteiger partial charge in [0.15, 0.2) is 0 Å². The van der Waals surface area contributed by atoms with E-state index in [1.807, 2.05) is 10.1 Å². The molecule has 0 aliphatic carbocycles. The van der Waals surface area contributed by atoms with Crippen molar-refractivity contribution in [2.45, 2.75) is 5.03 Å². The van der Waals surface area contributed by atoms with E-state index in [0.717, 1.165) is 0 Å². The first-order chi connectivity index (χ1) is 4.20. The molecule has 0 bridgehead atoms. The molecule has 0 aromatic carbocycles. The van der Waals surface area contributed by atoms with E-state index in [1.54, 1.807) is 0 Å². The predicted molar refractivity (Wildman–Crippen MR) is 31.1 cm³/mol. The van der Waals surface area contributed by atoms with Crippen molar-refractivity contribution in [1.82, 2.24) is 15.2 Å². The van der Waals surface area contributed by atoms with Gasteiger partial charge in [-0.15, -0.1) is 0 Å². The number of hydrogen-bond donors (Lipinski definition) is 2. The molecule has 0 aliphatic heterocycles. The molecule has 0 radical (unpaired) electrons. The van der Waals surface area contributed by atoms with Crippen LogP contribution in [0.2, 0.25) is 0 Å². The van der Waals surface area contributed by atoms with Crippen molar-refractivity contribution in [2.24, 2.45) is 0 Å². The summed E-state index contributed by atoms with van der Waals surface area (Å²) in [6, 6.07) is 0. The van der Waals surface area contributed by atoms with E-state index in [0.29, 0.717) is 0 Å². The van der Waals surface area contributed by atoms with Crippen molar-refractivity contribution >= 4 is 12.6 Å². The Hall–Kier alpha value is -0.170. The second-order valence-corrected chi connectivity index (χ2v) is 1.70. The Bertz CT molecular complexity index is 318. The average molecular weight is 167 g/mol. The van der Waals surface area contributed by atoms with Crippen molar-refractivity contribution < 1.29 is 29.6 Å². The van der Waals surface area contributed by atoms with Crippen molar-refractivity contribution in [1.29, 1.82) is 0 Å². The number of aromatic nitrogens is 3. The summed E-state index contributed by atoms with van der Waals surface area (Å²) >= 11 is 4.39. The van der Waals surface area contributed by atoms with Gasteiger partial charge >= 0.3 is 35.2 Å². The first-order valence-electron chi connectivity index (χ1n) is 2.06. The van der Waals surface area contributed by atoms with Gasteiger partial charge in [-0.1, -0.05) is 0 Å². The Kier molecular flexibility index (Phi) is 3.80. The summed E-state index contributed by atoms with van der Waals surface area (Å²) in [5, 5.41) is 5.03. The Morgan fingerprint density at radius 2 is 2.00 bits per heavy atom. The van der Waals surface area contributed by atoms with Crippen molar-refractivity contribution in [3.8, 4) is 0 Å². The van der Waals surface area contributed by atoms with Gasteiger partial charge in [0.25, 0.3) is 5.56 Å². The fraction of sp³-hybridized carbons (Fsp3) is 0. The van der Waals surface area contributed by atoms with Crippen LogP contribution in [0.15, 0.2) is 14.6 Å². The van der Waals surface area contributed by atoms with Crippen LogP contribution in [0.4, 0.5) is 0 Å². The molecule has 7 heteroatoms. The maximum Gasteiger partial charge on any atom is 1.00 e. The first-order valence-corrected chi connectivity index (χ1v) is 2.47. The van der Waals surface area contributed by atoms with Gasteiger partial charge < -0.3 is 12.6 Å². The molecular weight excluding hydrogens is 165 g/mol. The van der Waals surface area contributed by atoms with E-state index in [1.165, 1.54) is 0 Å². The smallest absolute Gasteiger partial charge is 0.753 e. The Labute approximate surface area is 83.0 Å². The maximum absolute atomic E-state index is 10.4. The summed E-state index contributed by atoms with van der Waals surface area (Å²) in [5.41, 5.74) is -1.28. The van der Waals surface area contributed by atoms with Gasteiger partial charge in [-0.25, -0.2) is 9.89 Å². The molecule has 5 nitrogen and oxygen atoms in total. The van der Waals surface area contributed by atoms with Crippen LogP contribution >= 0.6 is 0 Å². The molecule has 0 saturated carbocycles. The Morgan fingerprint density at radius 1 is 1.40 bits per heavy atom. The number of hydrogen-bond acceptors (Lipinski definition) is 4. The van der Waals surface area contributed by atoms with Crippen LogP contribution in [-0.2, 0) is 12.6 Å². The number of H-pyrrole nitrogens is 2. The second kappa shape index (κ2) is 3.87. The van der Waals surface area contributed by atoms with Crippen LogP contribution in [0.1, 0.15) is 0 Å². The molecule has 1 aromatic heterocycles. The molecule has 0 saturated heterocycles. The zero-order chi connectivity index (χ0) is 6.85. The fourth-order valence-corrected chi connectivity index (χ4v) is 0.434. The van der Waals surface area contributed by atoms with Gasteiger partial charge in [-0.05, 0) is 0 Å². The number of aromatic amines is 2. The van der Waals surface area contributed by atoms with E-state index in [2.05, 4.69) is 17.7 Å². The summed E-state index contributed by atoms with van der Waals surface area (Å²) in [5.74, 6) is 0. The molecule has 0 unspecified atom stereocenters. The summed E-state index contributed by atoms with van der Waals surface area (Å²) in [6.07, 6.45) is 0. The average Bonchev–Trinajstić information content (AvgIpc) is 1.80. The normalized spacial score (nSPS) is 8.40. The zero-order valence-corrected chi connectivity index (χ0v) is 7.99. The van der Waals surface area contributed by atoms with Gasteiger partial charge in [0.2, 0.25) is 0 Å². The van der Waals surface area contributed by atoms with Crippen molar-refractivity contribution in [2.75, 3.05) is 0 Å². The van der Waals surface area contributed by atoms with Gasteiger partial charge in [-0.2, -0.15) is 5.10 Å². The van der Waals surface area contributed by atoms with E-state index in [-0.39, 0.29) is 34.6 Å². The molecule has 0 atom stereocenters. The van der Waals surface area contributed by atoms with Crippen LogP contribution < -0.4 is 40.8 Å². The third-order valence-electron chi connectivity index (χ3n) is 0.680. The van der Waals surface area contributed by atoms with Gasteiger partial charge in [0.1, 0.15) is 0 Å². The Balaban J connectivity index is 0.000000810. The van der Waals surface area contributed by atoms with Crippen LogP contribution in [-0.4, -0.2) is 15.2 Å². The van der Waals surface area contributed by atoms with Crippen LogP contribution in [0, 0.1) is 0 Å². The van der Waals surface area contributed by atoms with Gasteiger partial charge in [-0.3, -0.25) is 9.78 Å². The van der Waals surface area contributed by atoms with Crippen LogP contribution in [0.25, 0.3) is 0 Å². The monoisotopic (exact) mass is 167 g/mol. The van der Waals surface area contributed by atoms with E-state index in [9.17, 15) is 9.59 Å². The van der Waals surface area contributed by atoms with E-state index >= 15 is 0 Å². The molecule has 2 N–H and O–H groups in total. The zero-order valence-electron chi connectivity index (χ0n) is 5.17. The SMILES string of the molecule is O=c1[nH]nc([S-])c(=O)[nH]1.[Na+]. The third-order valence-corrected chi connectivity index (χ3v) is 0.957. The molecule has 1 heterocycles. The number of rotatable bonds is 0. The van der Waals surface area contributed by atoms with Gasteiger partial charge in [0.05, 0.1) is 0 Å². The van der Waals surface area contributed by atoms with Crippen molar-refractivity contribution in [3.05, 3.63) is 20.8 Å². The number of nitrogens with one attached hydrogen (secondary N) is 2. The van der Waals surface area contributed by atoms with Crippen molar-refractivity contribution in [3.63, 3.8) is 0 Å². The minimum atomic E-state index is -0.645. The molecule has 0 aliphatic rings. The molecular formula is C3H2N3NaO2S. The topological polar surface area (TPSA) is 78.6 Å². The summed E-state index contributed by atoms with van der Waals surface area (Å²) in [4.78, 5) is 22.5. The first kappa shape index (κ1) is 9.83. The van der Waals surface area contributed by atoms with Crippen LogP contribution in [0.5, 0.6) is 0 Å². The maximum atomic E-state index is 10.4. The van der Waals surface area contributed by atoms with Crippen LogP contribution in [0.3, 0.4) is 0 Å². The molecule has 10 heavy (non-hydrogen) atoms. The summed E-state index contributed by atoms with van der Waals surface area (Å²) < 4.78 is 0. The second-order valence-electron chi connectivity index (χ2n) is 1.31. The fourth-order valence-electron chi connectivity index (χ4n) is 0.337. The molecule has 0 fully saturated rings. The molecule has 0 amide bonds. The Morgan fingerprint density at radius 3 is 2.40 bits per heavy atom. The minimum Gasteiger partial charge on any atom is -0.753 e. The largest absolute Gasteiger partial charge is 1.00 e. The number of nitrogens with zero attached hydrogens (tertiary/aromatic N) is 1. The summed E-state index contributed by atoms with van der Waals surface area (Å²) in [6.45, 7) is 0. The molecule has 1 rings (SSSR count). The minimum absolute atomic E-state index is 0. The molecule has 1 aromatic rings. The van der Waals surface area contributed by atoms with E-state index in [4.69, 9.17) is 0 Å². The predicted octanol–water partition coefficient (Wildman–Crippen LogP) is -4.63. The molecule has 0 spiro atoms. The van der Waals surface area contributed by atoms with Gasteiger partial charge in [0, 0.05) is 5.03 Å². The van der Waals surface area contributed by atoms with E-state index < -0.39 is 11.2 Å². The third kappa shape index (κ3) is 2.22. The molecule has 48 valence electrons. The summed E-state index contributed by atoms with van der Waals surface area (Å²) in [7, 11) is 0. The standard InChI is InChI=1S/C3H3N3O2S.Na/c7-1-2(9)5-6-3(8)4-1;/h(H,5,9)(H2,4,6,7,8);/q;+1/p-1. The quantitative estimate of drug-likeness (QED) is 0.301.